The van der Waals surface area contributed by atoms with Gasteiger partial charge in [0.1, 0.15) is 39.6 Å². The molecule has 1 fully saturated rings. The third kappa shape index (κ3) is 4.78. The van der Waals surface area contributed by atoms with Crippen molar-refractivity contribution < 1.29 is 17.2 Å². The van der Waals surface area contributed by atoms with E-state index in [-0.39, 0.29) is 17.6 Å². The monoisotopic (exact) mass is 528 g/mol. The average molecular weight is 529 g/mol. The van der Waals surface area contributed by atoms with E-state index in [1.165, 1.54) is 11.9 Å². The van der Waals surface area contributed by atoms with Crippen molar-refractivity contribution in [2.45, 2.75) is 37.5 Å². The van der Waals surface area contributed by atoms with E-state index >= 15 is 4.39 Å². The Morgan fingerprint density at radius 3 is 2.41 bits per heavy atom. The van der Waals surface area contributed by atoms with E-state index in [4.69, 9.17) is 4.98 Å². The van der Waals surface area contributed by atoms with Gasteiger partial charge in [0.05, 0.1) is 5.69 Å². The van der Waals surface area contributed by atoms with Gasteiger partial charge in [-0.15, -0.1) is 0 Å². The number of nitrogens with one attached hydrogen (secondary N) is 2. The number of halogens is 2. The second kappa shape index (κ2) is 8.91. The highest BCUT2D eigenvalue weighted by Gasteiger charge is 2.33. The van der Waals surface area contributed by atoms with Gasteiger partial charge in [0.2, 0.25) is 5.95 Å². The summed E-state index contributed by atoms with van der Waals surface area (Å²) in [5.74, 6) is 0.109. The van der Waals surface area contributed by atoms with Crippen LogP contribution in [0, 0.1) is 25.5 Å². The maximum atomic E-state index is 15.1. The number of imidazole rings is 1. The number of aromatic nitrogens is 6. The van der Waals surface area contributed by atoms with Gasteiger partial charge in [-0.05, 0) is 38.7 Å². The van der Waals surface area contributed by atoms with E-state index in [1.54, 1.807) is 0 Å². The van der Waals surface area contributed by atoms with E-state index in [9.17, 15) is 12.8 Å². The van der Waals surface area contributed by atoms with Gasteiger partial charge in [0.15, 0.2) is 15.7 Å². The van der Waals surface area contributed by atoms with Crippen LogP contribution in [0.1, 0.15) is 35.8 Å². The summed E-state index contributed by atoms with van der Waals surface area (Å²) in [5, 5.41) is 10.4. The zero-order valence-electron chi connectivity index (χ0n) is 21.0. The fourth-order valence-electron chi connectivity index (χ4n) is 4.10. The number of nitrogens with zero attached hydrogens (tertiary/aromatic N) is 6. The van der Waals surface area contributed by atoms with Gasteiger partial charge in [-0.25, -0.2) is 27.2 Å². The molecular formula is C24H26F2N8O2S. The molecule has 37 heavy (non-hydrogen) atoms. The van der Waals surface area contributed by atoms with Gasteiger partial charge in [0, 0.05) is 49.9 Å². The second-order valence-electron chi connectivity index (χ2n) is 9.32. The summed E-state index contributed by atoms with van der Waals surface area (Å²) in [6.45, 7) is 3.75. The minimum atomic E-state index is -3.95. The predicted molar refractivity (Wildman–Crippen MR) is 135 cm³/mol. The van der Waals surface area contributed by atoms with Gasteiger partial charge in [-0.1, -0.05) is 0 Å². The number of hydrogen-bond acceptors (Lipinski definition) is 8. The first-order valence-electron chi connectivity index (χ1n) is 11.6. The molecule has 194 valence electrons. The first kappa shape index (κ1) is 24.8. The number of anilines is 4. The molecule has 0 aliphatic heterocycles. The van der Waals surface area contributed by atoms with Crippen LogP contribution in [0.5, 0.6) is 0 Å². The first-order valence-corrected chi connectivity index (χ1v) is 13.5. The van der Waals surface area contributed by atoms with Crippen molar-refractivity contribution in [1.29, 1.82) is 0 Å². The minimum absolute atomic E-state index is 0.0721. The Kier molecular flexibility index (Phi) is 5.97. The SMILES string of the molecule is Cc1cc(Nc2nc(N(C)c3cc(F)c(S(C)(=O)=O)cc3F)nc(-c3cn(C)c(C)n3)c2C2CC2)n[nH]1. The lowest BCUT2D eigenvalue weighted by Gasteiger charge is -2.22. The van der Waals surface area contributed by atoms with Crippen molar-refractivity contribution in [2.24, 2.45) is 7.05 Å². The molecule has 4 aromatic rings. The van der Waals surface area contributed by atoms with E-state index < -0.39 is 26.4 Å². The summed E-state index contributed by atoms with van der Waals surface area (Å²) in [6.07, 6.45) is 4.59. The van der Waals surface area contributed by atoms with E-state index in [2.05, 4.69) is 25.5 Å². The van der Waals surface area contributed by atoms with Crippen LogP contribution < -0.4 is 10.2 Å². The topological polar surface area (TPSA) is 122 Å². The van der Waals surface area contributed by atoms with Gasteiger partial charge >= 0.3 is 0 Å². The molecule has 0 unspecified atom stereocenters. The molecule has 0 saturated heterocycles. The predicted octanol–water partition coefficient (Wildman–Crippen LogP) is 4.29. The fraction of sp³-hybridized carbons (Fsp3) is 0.333. The minimum Gasteiger partial charge on any atom is -0.338 e. The maximum Gasteiger partial charge on any atom is 0.232 e. The quantitative estimate of drug-likeness (QED) is 0.364. The Morgan fingerprint density at radius 1 is 1.11 bits per heavy atom. The number of sulfone groups is 1. The summed E-state index contributed by atoms with van der Waals surface area (Å²) < 4.78 is 55.3. The molecule has 1 saturated carbocycles. The molecule has 0 radical (unpaired) electrons. The maximum absolute atomic E-state index is 15.1. The Hall–Kier alpha value is -3.87. The van der Waals surface area contributed by atoms with Gasteiger partial charge in [-0.3, -0.25) is 5.10 Å². The summed E-state index contributed by atoms with van der Waals surface area (Å²) in [6, 6.07) is 3.33. The van der Waals surface area contributed by atoms with E-state index in [1.807, 2.05) is 37.7 Å². The average Bonchev–Trinajstić information content (AvgIpc) is 3.50. The molecule has 3 aromatic heterocycles. The molecule has 1 aliphatic rings. The molecule has 10 nitrogen and oxygen atoms in total. The third-order valence-corrected chi connectivity index (χ3v) is 7.40. The lowest BCUT2D eigenvalue weighted by Crippen LogP contribution is -2.18. The summed E-state index contributed by atoms with van der Waals surface area (Å²) in [4.78, 5) is 14.6. The molecule has 0 spiro atoms. The Bertz CT molecular complexity index is 1610. The van der Waals surface area contributed by atoms with Crippen LogP contribution in [0.3, 0.4) is 0 Å². The van der Waals surface area contributed by atoms with Crippen molar-refractivity contribution in [1.82, 2.24) is 29.7 Å². The summed E-state index contributed by atoms with van der Waals surface area (Å²) in [7, 11) is -0.585. The smallest absolute Gasteiger partial charge is 0.232 e. The number of aryl methyl sites for hydroxylation is 3. The van der Waals surface area contributed by atoms with E-state index in [0.717, 1.165) is 42.2 Å². The number of hydrogen-bond donors (Lipinski definition) is 2. The lowest BCUT2D eigenvalue weighted by atomic mass is 10.1. The first-order chi connectivity index (χ1) is 17.4. The molecule has 0 amide bonds. The second-order valence-corrected chi connectivity index (χ2v) is 11.3. The Morgan fingerprint density at radius 2 is 1.84 bits per heavy atom. The van der Waals surface area contributed by atoms with Gasteiger partial charge in [0.25, 0.3) is 0 Å². The highest BCUT2D eigenvalue weighted by molar-refractivity contribution is 7.90. The van der Waals surface area contributed by atoms with Crippen molar-refractivity contribution in [3.63, 3.8) is 0 Å². The van der Waals surface area contributed by atoms with Crippen LogP contribution in [-0.4, -0.2) is 51.4 Å². The normalized spacial score (nSPS) is 13.7. The van der Waals surface area contributed by atoms with Crippen LogP contribution in [-0.2, 0) is 16.9 Å². The van der Waals surface area contributed by atoms with Gasteiger partial charge < -0.3 is 14.8 Å². The van der Waals surface area contributed by atoms with Crippen LogP contribution in [0.15, 0.2) is 29.3 Å². The fourth-order valence-corrected chi connectivity index (χ4v) is 4.83. The van der Waals surface area contributed by atoms with Gasteiger partial charge in [-0.2, -0.15) is 10.1 Å². The van der Waals surface area contributed by atoms with Crippen LogP contribution in [0.2, 0.25) is 0 Å². The summed E-state index contributed by atoms with van der Waals surface area (Å²) >= 11 is 0. The molecule has 5 rings (SSSR count). The highest BCUT2D eigenvalue weighted by atomic mass is 32.2. The molecule has 3 heterocycles. The van der Waals surface area contributed by atoms with Crippen molar-refractivity contribution in [2.75, 3.05) is 23.5 Å². The highest BCUT2D eigenvalue weighted by Crippen LogP contribution is 2.48. The van der Waals surface area contributed by atoms with E-state index in [0.29, 0.717) is 29.1 Å². The molecule has 13 heteroatoms. The summed E-state index contributed by atoms with van der Waals surface area (Å²) in [5.41, 5.74) is 2.71. The lowest BCUT2D eigenvalue weighted by molar-refractivity contribution is 0.556. The molecule has 0 atom stereocenters. The molecule has 0 bridgehead atoms. The van der Waals surface area contributed by atoms with Crippen LogP contribution in [0.25, 0.3) is 11.4 Å². The molecular weight excluding hydrogens is 502 g/mol. The molecule has 1 aromatic carbocycles. The standard InChI is InChI=1S/C24H26F2N8O2S/c1-12-8-20(32-31-12)28-23-21(14-6-7-14)22(17-11-33(3)13(2)27-17)29-24(30-23)34(4)18-9-16(26)19(10-15(18)25)37(5,35)36/h8-11,14H,6-7H2,1-5H3,(H2,28,29,30,31,32). The van der Waals surface area contributed by atoms with Crippen molar-refractivity contribution >= 4 is 33.1 Å². The third-order valence-electron chi connectivity index (χ3n) is 6.29. The number of rotatable bonds is 7. The zero-order chi connectivity index (χ0) is 26.6. The zero-order valence-corrected chi connectivity index (χ0v) is 21.8. The number of aromatic amines is 1. The van der Waals surface area contributed by atoms with Crippen molar-refractivity contribution in [3.8, 4) is 11.4 Å². The molecule has 1 aliphatic carbocycles. The largest absolute Gasteiger partial charge is 0.338 e. The number of benzene rings is 1. The van der Waals surface area contributed by atoms with Crippen LogP contribution in [0.4, 0.5) is 32.1 Å². The van der Waals surface area contributed by atoms with Crippen molar-refractivity contribution in [3.05, 3.63) is 53.1 Å². The number of H-pyrrole nitrogens is 1. The Balaban J connectivity index is 1.69. The molecule has 2 N–H and O–H groups in total. The van der Waals surface area contributed by atoms with Crippen LogP contribution >= 0.6 is 0 Å². The Labute approximate surface area is 212 Å².